The van der Waals surface area contributed by atoms with E-state index in [-0.39, 0.29) is 0 Å². The molecule has 0 radical (unpaired) electrons. The fraction of sp³-hybridized carbons (Fsp3) is 0.0870. The molecule has 0 saturated carbocycles. The van der Waals surface area contributed by atoms with Crippen molar-refractivity contribution < 1.29 is 23.1 Å². The second-order valence-corrected chi connectivity index (χ2v) is 5.75. The number of ether oxygens (including phenoxy) is 2. The maximum atomic E-state index is 10.4. The van der Waals surface area contributed by atoms with Gasteiger partial charge in [-0.25, -0.2) is 0 Å². The van der Waals surface area contributed by atoms with Gasteiger partial charge in [-0.15, -0.1) is 0 Å². The first kappa shape index (κ1) is 19.0. The molecule has 4 rings (SSSR count). The monoisotopic (exact) mass is 376 g/mol. The Kier molecular flexibility index (Phi) is 6.31. The highest BCUT2D eigenvalue weighted by Gasteiger charge is 2.03. The topological polar surface area (TPSA) is 61.8 Å². The molecule has 142 valence electrons. The summed E-state index contributed by atoms with van der Waals surface area (Å²) in [7, 11) is 3.27. The second-order valence-electron chi connectivity index (χ2n) is 5.75. The Morgan fingerprint density at radius 2 is 1.29 bits per heavy atom. The molecule has 28 heavy (non-hydrogen) atoms. The maximum absolute atomic E-state index is 10.4. The van der Waals surface area contributed by atoms with Crippen LogP contribution in [0.2, 0.25) is 0 Å². The van der Waals surface area contributed by atoms with Gasteiger partial charge < -0.3 is 18.3 Å². The average molecular weight is 376 g/mol. The van der Waals surface area contributed by atoms with Gasteiger partial charge in [0.15, 0.2) is 12.0 Å². The number of benzene rings is 2. The van der Waals surface area contributed by atoms with Gasteiger partial charge in [0.2, 0.25) is 0 Å². The number of hydrogen-bond acceptors (Lipinski definition) is 5. The summed E-state index contributed by atoms with van der Waals surface area (Å²) in [5, 5.41) is 0. The number of hydrogen-bond donors (Lipinski definition) is 0. The molecule has 0 amide bonds. The molecule has 0 atom stereocenters. The highest BCUT2D eigenvalue weighted by molar-refractivity contribution is 5.72. The quantitative estimate of drug-likeness (QED) is 0.417. The molecule has 0 saturated heterocycles. The van der Waals surface area contributed by atoms with Crippen LogP contribution in [0.4, 0.5) is 0 Å². The van der Waals surface area contributed by atoms with Crippen molar-refractivity contribution in [1.82, 2.24) is 0 Å². The molecule has 0 aliphatic heterocycles. The fourth-order valence-corrected chi connectivity index (χ4v) is 2.52. The van der Waals surface area contributed by atoms with E-state index in [2.05, 4.69) is 0 Å². The summed E-state index contributed by atoms with van der Waals surface area (Å²) in [5.41, 5.74) is 1.98. The summed E-state index contributed by atoms with van der Waals surface area (Å²) < 4.78 is 20.6. The smallest absolute Gasteiger partial charge is 0.185 e. The number of rotatable bonds is 5. The lowest BCUT2D eigenvalue weighted by molar-refractivity contribution is 0.110. The number of carbonyl (C=O) groups is 1. The number of methoxy groups -OCH3 is 2. The van der Waals surface area contributed by atoms with Gasteiger partial charge in [0.1, 0.15) is 23.0 Å². The van der Waals surface area contributed by atoms with E-state index in [9.17, 15) is 4.79 Å². The molecule has 2 heterocycles. The van der Waals surface area contributed by atoms with Crippen LogP contribution in [0.5, 0.6) is 11.5 Å². The zero-order valence-electron chi connectivity index (χ0n) is 15.6. The number of furan rings is 2. The van der Waals surface area contributed by atoms with Crippen LogP contribution in [0.25, 0.3) is 22.6 Å². The molecular formula is C23H20O5. The Morgan fingerprint density at radius 1 is 0.714 bits per heavy atom. The molecule has 5 heteroatoms. The predicted octanol–water partition coefficient (Wildman–Crippen LogP) is 5.72. The van der Waals surface area contributed by atoms with Crippen molar-refractivity contribution in [3.8, 4) is 34.1 Å². The van der Waals surface area contributed by atoms with Gasteiger partial charge in [0.25, 0.3) is 0 Å². The summed E-state index contributed by atoms with van der Waals surface area (Å²) >= 11 is 0. The van der Waals surface area contributed by atoms with E-state index >= 15 is 0 Å². The lowest BCUT2D eigenvalue weighted by Crippen LogP contribution is -1.81. The van der Waals surface area contributed by atoms with Crippen LogP contribution in [-0.4, -0.2) is 20.5 Å². The van der Waals surface area contributed by atoms with E-state index < -0.39 is 0 Å². The molecule has 0 fully saturated rings. The summed E-state index contributed by atoms with van der Waals surface area (Å²) in [6.07, 6.45) is 2.35. The van der Waals surface area contributed by atoms with Gasteiger partial charge in [-0.2, -0.15) is 0 Å². The van der Waals surface area contributed by atoms with Gasteiger partial charge in [-0.1, -0.05) is 0 Å². The Labute approximate surface area is 163 Å². The molecule has 2 aromatic heterocycles. The van der Waals surface area contributed by atoms with Crippen molar-refractivity contribution in [3.05, 3.63) is 84.8 Å². The van der Waals surface area contributed by atoms with Crippen LogP contribution in [0, 0.1) is 0 Å². The molecule has 0 N–H and O–H groups in total. The van der Waals surface area contributed by atoms with E-state index in [1.165, 1.54) is 0 Å². The Morgan fingerprint density at radius 3 is 1.71 bits per heavy atom. The summed E-state index contributed by atoms with van der Waals surface area (Å²) in [6.45, 7) is 0. The van der Waals surface area contributed by atoms with Crippen LogP contribution in [0.3, 0.4) is 0 Å². The van der Waals surface area contributed by atoms with Crippen molar-refractivity contribution in [1.29, 1.82) is 0 Å². The third-order valence-corrected chi connectivity index (χ3v) is 4.01. The standard InChI is InChI=1S/C12H10O3.C11H10O2/c1-14-10-4-2-9(3-5-10)12-7-6-11(8-13)15-12;1-12-10-6-4-9(5-7-10)11-3-2-8-13-11/h2-8H,1H3;2-8H,1H3. The predicted molar refractivity (Wildman–Crippen MR) is 107 cm³/mol. The highest BCUT2D eigenvalue weighted by Crippen LogP contribution is 2.24. The molecule has 0 aliphatic carbocycles. The number of carbonyl (C=O) groups excluding carboxylic acids is 1. The van der Waals surface area contributed by atoms with E-state index in [0.29, 0.717) is 17.8 Å². The first-order valence-electron chi connectivity index (χ1n) is 8.61. The molecule has 4 aromatic rings. The molecule has 2 aromatic carbocycles. The minimum Gasteiger partial charge on any atom is -0.497 e. The largest absolute Gasteiger partial charge is 0.497 e. The van der Waals surface area contributed by atoms with Crippen LogP contribution in [0.1, 0.15) is 10.6 Å². The van der Waals surface area contributed by atoms with Crippen LogP contribution < -0.4 is 9.47 Å². The maximum Gasteiger partial charge on any atom is 0.185 e. The molecule has 0 unspecified atom stereocenters. The molecular weight excluding hydrogens is 356 g/mol. The zero-order valence-corrected chi connectivity index (χ0v) is 15.6. The molecule has 0 spiro atoms. The van der Waals surface area contributed by atoms with Crippen LogP contribution in [0.15, 0.2) is 87.9 Å². The van der Waals surface area contributed by atoms with Gasteiger partial charge in [-0.05, 0) is 72.8 Å². The highest BCUT2D eigenvalue weighted by atomic mass is 16.5. The van der Waals surface area contributed by atoms with E-state index in [1.807, 2.05) is 60.7 Å². The van der Waals surface area contributed by atoms with Gasteiger partial charge in [0, 0.05) is 11.1 Å². The van der Waals surface area contributed by atoms with E-state index in [0.717, 1.165) is 28.4 Å². The molecule has 0 aliphatic rings. The number of aldehydes is 1. The lowest BCUT2D eigenvalue weighted by atomic mass is 10.2. The van der Waals surface area contributed by atoms with Crippen LogP contribution in [-0.2, 0) is 0 Å². The van der Waals surface area contributed by atoms with Crippen LogP contribution >= 0.6 is 0 Å². The first-order valence-corrected chi connectivity index (χ1v) is 8.61. The Bertz CT molecular complexity index is 980. The van der Waals surface area contributed by atoms with Crippen molar-refractivity contribution in [2.24, 2.45) is 0 Å². The molecule has 5 nitrogen and oxygen atoms in total. The fourth-order valence-electron chi connectivity index (χ4n) is 2.52. The van der Waals surface area contributed by atoms with Crippen molar-refractivity contribution in [2.45, 2.75) is 0 Å². The minimum atomic E-state index is 0.334. The SMILES string of the molecule is COc1ccc(-c2ccc(C=O)o2)cc1.COc1ccc(-c2ccco2)cc1. The zero-order chi connectivity index (χ0) is 19.8. The third-order valence-electron chi connectivity index (χ3n) is 4.01. The van der Waals surface area contributed by atoms with Crippen molar-refractivity contribution in [2.75, 3.05) is 14.2 Å². The van der Waals surface area contributed by atoms with Gasteiger partial charge in [-0.3, -0.25) is 4.79 Å². The molecule has 0 bridgehead atoms. The van der Waals surface area contributed by atoms with Crippen molar-refractivity contribution in [3.63, 3.8) is 0 Å². The minimum absolute atomic E-state index is 0.334. The Balaban J connectivity index is 0.000000162. The van der Waals surface area contributed by atoms with E-state index in [4.69, 9.17) is 18.3 Å². The normalized spacial score (nSPS) is 9.93. The third kappa shape index (κ3) is 4.71. The van der Waals surface area contributed by atoms with E-state index in [1.54, 1.807) is 32.6 Å². The average Bonchev–Trinajstić information content (AvgIpc) is 3.46. The van der Waals surface area contributed by atoms with Gasteiger partial charge in [0.05, 0.1) is 20.5 Å². The van der Waals surface area contributed by atoms with Crippen molar-refractivity contribution >= 4 is 6.29 Å². The lowest BCUT2D eigenvalue weighted by Gasteiger charge is -2.00. The second kappa shape index (κ2) is 9.28. The summed E-state index contributed by atoms with van der Waals surface area (Å²) in [4.78, 5) is 10.4. The Hall–Kier alpha value is -3.73. The summed E-state index contributed by atoms with van der Waals surface area (Å²) in [5.74, 6) is 3.54. The van der Waals surface area contributed by atoms with Gasteiger partial charge >= 0.3 is 0 Å². The first-order chi connectivity index (χ1) is 13.7. The summed E-state index contributed by atoms with van der Waals surface area (Å²) in [6, 6.07) is 22.4.